The fourth-order valence-corrected chi connectivity index (χ4v) is 2.98. The Morgan fingerprint density at radius 1 is 1.24 bits per heavy atom. The third-order valence-corrected chi connectivity index (χ3v) is 4.43. The molecule has 3 heterocycles. The second-order valence-electron chi connectivity index (χ2n) is 6.41. The molecule has 0 spiro atoms. The summed E-state index contributed by atoms with van der Waals surface area (Å²) in [5, 5.41) is 15.2. The van der Waals surface area contributed by atoms with Gasteiger partial charge in [-0.2, -0.15) is 4.98 Å². The van der Waals surface area contributed by atoms with Crippen molar-refractivity contribution in [1.29, 1.82) is 0 Å². The Balaban J connectivity index is 1.51. The Labute approximate surface area is 166 Å². The number of hydrogen-bond donors (Lipinski definition) is 1. The minimum Gasteiger partial charge on any atom is -0.496 e. The van der Waals surface area contributed by atoms with Gasteiger partial charge < -0.3 is 14.6 Å². The molecule has 0 atom stereocenters. The lowest BCUT2D eigenvalue weighted by Gasteiger charge is -2.08. The molecule has 9 heteroatoms. The summed E-state index contributed by atoms with van der Waals surface area (Å²) in [6.07, 6.45) is 3.54. The molecule has 0 fully saturated rings. The first-order valence-electron chi connectivity index (χ1n) is 9.27. The number of fused-ring (bicyclic) bond motifs is 1. The van der Waals surface area contributed by atoms with E-state index in [1.807, 2.05) is 24.4 Å². The molecule has 0 aliphatic heterocycles. The number of nitrogens with zero attached hydrogens (tertiary/aromatic N) is 5. The van der Waals surface area contributed by atoms with Crippen molar-refractivity contribution < 1.29 is 14.1 Å². The molecule has 3 aromatic heterocycles. The van der Waals surface area contributed by atoms with Gasteiger partial charge in [0.05, 0.1) is 19.2 Å². The minimum atomic E-state index is -0.245. The molecule has 0 unspecified atom stereocenters. The average Bonchev–Trinajstić information content (AvgIpc) is 3.39. The SMILES string of the molecule is CCCc1noc(-c2ccn3c(CNC(=O)c4ccccc4OC)nnc3c2)n1. The van der Waals surface area contributed by atoms with Gasteiger partial charge in [-0.05, 0) is 30.7 Å². The molecule has 1 N–H and O–H groups in total. The van der Waals surface area contributed by atoms with Gasteiger partial charge in [-0.15, -0.1) is 10.2 Å². The zero-order valence-electron chi connectivity index (χ0n) is 16.1. The predicted octanol–water partition coefficient (Wildman–Crippen LogP) is 2.67. The van der Waals surface area contributed by atoms with Crippen molar-refractivity contribution in [1.82, 2.24) is 30.1 Å². The number of benzene rings is 1. The van der Waals surface area contributed by atoms with E-state index in [0.717, 1.165) is 18.4 Å². The van der Waals surface area contributed by atoms with Gasteiger partial charge in [0.2, 0.25) is 0 Å². The van der Waals surface area contributed by atoms with Crippen LogP contribution < -0.4 is 10.1 Å². The number of methoxy groups -OCH3 is 1. The number of hydrogen-bond acceptors (Lipinski definition) is 7. The monoisotopic (exact) mass is 392 g/mol. The Hall–Kier alpha value is -3.75. The minimum absolute atomic E-state index is 0.221. The first-order valence-corrected chi connectivity index (χ1v) is 9.27. The van der Waals surface area contributed by atoms with Crippen LogP contribution in [0.2, 0.25) is 0 Å². The van der Waals surface area contributed by atoms with Gasteiger partial charge >= 0.3 is 0 Å². The van der Waals surface area contributed by atoms with Gasteiger partial charge in [-0.25, -0.2) is 0 Å². The standard InChI is InChI=1S/C20H20N6O3/c1-3-6-16-22-20(29-25-16)13-9-10-26-17(11-13)23-24-18(26)12-21-19(27)14-7-4-5-8-15(14)28-2/h4-5,7-11H,3,6,12H2,1-2H3,(H,21,27). The summed E-state index contributed by atoms with van der Waals surface area (Å²) < 4.78 is 12.4. The van der Waals surface area contributed by atoms with Crippen LogP contribution >= 0.6 is 0 Å². The number of carbonyl (C=O) groups excluding carboxylic acids is 1. The molecule has 4 aromatic rings. The van der Waals surface area contributed by atoms with Gasteiger partial charge in [0, 0.05) is 18.2 Å². The van der Waals surface area contributed by atoms with Crippen LogP contribution in [0.1, 0.15) is 35.4 Å². The molecule has 148 valence electrons. The number of amides is 1. The summed E-state index contributed by atoms with van der Waals surface area (Å²) in [4.78, 5) is 16.9. The molecule has 9 nitrogen and oxygen atoms in total. The highest BCUT2D eigenvalue weighted by atomic mass is 16.5. The average molecular weight is 392 g/mol. The Morgan fingerprint density at radius 2 is 2.10 bits per heavy atom. The van der Waals surface area contributed by atoms with Crippen molar-refractivity contribution in [3.05, 3.63) is 59.8 Å². The third-order valence-electron chi connectivity index (χ3n) is 4.43. The van der Waals surface area contributed by atoms with Gasteiger partial charge in [0.1, 0.15) is 5.75 Å². The van der Waals surface area contributed by atoms with Crippen LogP contribution in [-0.2, 0) is 13.0 Å². The van der Waals surface area contributed by atoms with Gasteiger partial charge in [0.15, 0.2) is 17.3 Å². The van der Waals surface area contributed by atoms with Crippen LogP contribution in [0, 0.1) is 0 Å². The van der Waals surface area contributed by atoms with Crippen LogP contribution in [0.5, 0.6) is 5.75 Å². The molecule has 0 radical (unpaired) electrons. The number of rotatable bonds is 7. The van der Waals surface area contributed by atoms with E-state index >= 15 is 0 Å². The molecule has 0 saturated heterocycles. The summed E-state index contributed by atoms with van der Waals surface area (Å²) in [6.45, 7) is 2.28. The maximum atomic E-state index is 12.5. The van der Waals surface area contributed by atoms with Crippen molar-refractivity contribution in [2.75, 3.05) is 7.11 Å². The fourth-order valence-electron chi connectivity index (χ4n) is 2.98. The molecule has 0 aliphatic rings. The smallest absolute Gasteiger partial charge is 0.258 e. The highest BCUT2D eigenvalue weighted by molar-refractivity contribution is 5.96. The van der Waals surface area contributed by atoms with E-state index in [-0.39, 0.29) is 12.5 Å². The topological polar surface area (TPSA) is 107 Å². The lowest BCUT2D eigenvalue weighted by atomic mass is 10.2. The van der Waals surface area contributed by atoms with E-state index in [2.05, 4.69) is 32.6 Å². The molecular formula is C20H20N6O3. The van der Waals surface area contributed by atoms with Gasteiger partial charge in [-0.3, -0.25) is 9.20 Å². The number of aryl methyl sites for hydroxylation is 1. The highest BCUT2D eigenvalue weighted by Gasteiger charge is 2.14. The number of carbonyl (C=O) groups is 1. The van der Waals surface area contributed by atoms with E-state index in [1.54, 1.807) is 22.6 Å². The van der Waals surface area contributed by atoms with E-state index in [0.29, 0.717) is 34.5 Å². The molecule has 1 amide bonds. The van der Waals surface area contributed by atoms with Gasteiger partial charge in [0.25, 0.3) is 11.8 Å². The maximum Gasteiger partial charge on any atom is 0.258 e. The van der Waals surface area contributed by atoms with Crippen molar-refractivity contribution in [2.24, 2.45) is 0 Å². The number of para-hydroxylation sites is 1. The van der Waals surface area contributed by atoms with E-state index in [4.69, 9.17) is 9.26 Å². The third kappa shape index (κ3) is 3.79. The zero-order valence-corrected chi connectivity index (χ0v) is 16.1. The second-order valence-corrected chi connectivity index (χ2v) is 6.41. The Bertz CT molecular complexity index is 1150. The summed E-state index contributed by atoms with van der Waals surface area (Å²) >= 11 is 0. The lowest BCUT2D eigenvalue weighted by Crippen LogP contribution is -2.24. The van der Waals surface area contributed by atoms with Crippen molar-refractivity contribution in [3.63, 3.8) is 0 Å². The van der Waals surface area contributed by atoms with Gasteiger partial charge in [-0.1, -0.05) is 24.2 Å². The maximum absolute atomic E-state index is 12.5. The van der Waals surface area contributed by atoms with Crippen LogP contribution in [0.25, 0.3) is 17.1 Å². The quantitative estimate of drug-likeness (QED) is 0.515. The Morgan fingerprint density at radius 3 is 2.93 bits per heavy atom. The normalized spacial score (nSPS) is 11.0. The van der Waals surface area contributed by atoms with Crippen LogP contribution in [0.15, 0.2) is 47.1 Å². The number of ether oxygens (including phenoxy) is 1. The Kier molecular flexibility index (Phi) is 5.19. The summed E-state index contributed by atoms with van der Waals surface area (Å²) in [5.74, 6) is 2.01. The molecule has 4 rings (SSSR count). The van der Waals surface area contributed by atoms with E-state index in [9.17, 15) is 4.79 Å². The van der Waals surface area contributed by atoms with Crippen LogP contribution in [0.3, 0.4) is 0 Å². The van der Waals surface area contributed by atoms with Crippen LogP contribution in [0.4, 0.5) is 0 Å². The summed E-state index contributed by atoms with van der Waals surface area (Å²) in [7, 11) is 1.53. The number of aromatic nitrogens is 5. The summed E-state index contributed by atoms with van der Waals surface area (Å²) in [6, 6.07) is 10.7. The largest absolute Gasteiger partial charge is 0.496 e. The molecule has 0 bridgehead atoms. The van der Waals surface area contributed by atoms with E-state index < -0.39 is 0 Å². The number of nitrogens with one attached hydrogen (secondary N) is 1. The zero-order chi connectivity index (χ0) is 20.2. The number of pyridine rings is 1. The van der Waals surface area contributed by atoms with Crippen molar-refractivity contribution >= 4 is 11.6 Å². The highest BCUT2D eigenvalue weighted by Crippen LogP contribution is 2.20. The van der Waals surface area contributed by atoms with E-state index in [1.165, 1.54) is 7.11 Å². The summed E-state index contributed by atoms with van der Waals surface area (Å²) in [5.41, 5.74) is 1.86. The predicted molar refractivity (Wildman–Crippen MR) is 104 cm³/mol. The molecule has 29 heavy (non-hydrogen) atoms. The van der Waals surface area contributed by atoms with Crippen molar-refractivity contribution in [2.45, 2.75) is 26.3 Å². The van der Waals surface area contributed by atoms with Crippen LogP contribution in [-0.4, -0.2) is 37.8 Å². The molecular weight excluding hydrogens is 372 g/mol. The molecule has 1 aromatic carbocycles. The lowest BCUT2D eigenvalue weighted by molar-refractivity contribution is 0.0946. The fraction of sp³-hybridized carbons (Fsp3) is 0.250. The first-order chi connectivity index (χ1) is 14.2. The molecule has 0 saturated carbocycles. The first kappa shape index (κ1) is 18.6. The molecule has 0 aliphatic carbocycles. The second kappa shape index (κ2) is 8.09. The van der Waals surface area contributed by atoms with Crippen molar-refractivity contribution in [3.8, 4) is 17.2 Å².